The van der Waals surface area contributed by atoms with Crippen molar-refractivity contribution in [1.82, 2.24) is 0 Å². The summed E-state index contributed by atoms with van der Waals surface area (Å²) in [5.74, 6) is 0. The summed E-state index contributed by atoms with van der Waals surface area (Å²) in [7, 11) is 0. The lowest BCUT2D eigenvalue weighted by Crippen LogP contribution is -2.10. The predicted molar refractivity (Wildman–Crippen MR) is 259 cm³/mol. The largest absolute Gasteiger partial charge is 0.310 e. The molecule has 0 aliphatic heterocycles. The lowest BCUT2D eigenvalue weighted by atomic mass is 9.98. The zero-order valence-electron chi connectivity index (χ0n) is 32.9. The molecule has 0 N–H and O–H groups in total. The fourth-order valence-corrected chi connectivity index (χ4v) is 9.68. The van der Waals surface area contributed by atoms with Crippen molar-refractivity contribution in [3.05, 3.63) is 237 Å². The molecule has 0 saturated carbocycles. The lowest BCUT2D eigenvalue weighted by Gasteiger charge is -2.26. The first-order valence-electron chi connectivity index (χ1n) is 20.5. The van der Waals surface area contributed by atoms with E-state index in [1.54, 1.807) is 0 Å². The molecule has 0 unspecified atom stereocenters. The molecule has 1 nitrogen and oxygen atoms in total. The normalized spacial score (nSPS) is 11.3. The van der Waals surface area contributed by atoms with Crippen LogP contribution < -0.4 is 4.90 Å². The van der Waals surface area contributed by atoms with Crippen LogP contribution in [-0.2, 0) is 0 Å². The van der Waals surface area contributed by atoms with Crippen molar-refractivity contribution in [2.45, 2.75) is 0 Å². The van der Waals surface area contributed by atoms with Gasteiger partial charge in [-0.25, -0.2) is 0 Å². The molecule has 0 saturated heterocycles. The summed E-state index contributed by atoms with van der Waals surface area (Å²) >= 11 is 1.87. The Morgan fingerprint density at radius 1 is 0.250 bits per heavy atom. The molecule has 0 atom stereocenters. The summed E-state index contributed by atoms with van der Waals surface area (Å²) in [5.41, 5.74) is 15.3. The van der Waals surface area contributed by atoms with E-state index in [9.17, 15) is 0 Å². The highest BCUT2D eigenvalue weighted by atomic mass is 32.1. The van der Waals surface area contributed by atoms with Gasteiger partial charge in [-0.2, -0.15) is 0 Å². The zero-order chi connectivity index (χ0) is 39.8. The fourth-order valence-electron chi connectivity index (χ4n) is 8.58. The fraction of sp³-hybridized carbons (Fsp3) is 0. The Morgan fingerprint density at radius 3 is 1.23 bits per heavy atom. The van der Waals surface area contributed by atoms with Crippen LogP contribution in [0.25, 0.3) is 86.6 Å². The molecule has 11 rings (SSSR count). The van der Waals surface area contributed by atoms with E-state index in [-0.39, 0.29) is 0 Å². The second-order valence-corrected chi connectivity index (χ2v) is 16.4. The molecule has 0 fully saturated rings. The third-order valence-corrected chi connectivity index (χ3v) is 12.8. The maximum absolute atomic E-state index is 2.38. The highest BCUT2D eigenvalue weighted by Gasteiger charge is 2.16. The van der Waals surface area contributed by atoms with Crippen LogP contribution in [0.3, 0.4) is 0 Å². The first kappa shape index (κ1) is 35.6. The van der Waals surface area contributed by atoms with Crippen molar-refractivity contribution in [1.29, 1.82) is 0 Å². The van der Waals surface area contributed by atoms with Gasteiger partial charge < -0.3 is 4.90 Å². The van der Waals surface area contributed by atoms with Crippen molar-refractivity contribution in [2.75, 3.05) is 4.90 Å². The van der Waals surface area contributed by atoms with E-state index >= 15 is 0 Å². The summed E-state index contributed by atoms with van der Waals surface area (Å²) in [4.78, 5) is 2.37. The molecule has 282 valence electrons. The highest BCUT2D eigenvalue weighted by Crippen LogP contribution is 2.42. The van der Waals surface area contributed by atoms with Crippen molar-refractivity contribution in [3.63, 3.8) is 0 Å². The Kier molecular flexibility index (Phi) is 9.11. The van der Waals surface area contributed by atoms with Crippen LogP contribution in [0.2, 0.25) is 0 Å². The van der Waals surface area contributed by atoms with Crippen LogP contribution >= 0.6 is 11.3 Å². The molecule has 0 aliphatic carbocycles. The monoisotopic (exact) mass is 781 g/mol. The SMILES string of the molecule is c1ccc(-c2ccc(-c3ccc(N(c4ccc(-c5ccc6sc7ccc8ccccc8c7c6c5)cc4)c4cccc(-c5ccc(-c6ccccc6)cc5)c4)cc3)cc2)cc1. The van der Waals surface area contributed by atoms with Gasteiger partial charge in [-0.3, -0.25) is 0 Å². The van der Waals surface area contributed by atoms with Gasteiger partial charge in [-0.1, -0.05) is 182 Å². The van der Waals surface area contributed by atoms with E-state index in [1.807, 2.05) is 11.3 Å². The molecule has 0 radical (unpaired) electrons. The minimum Gasteiger partial charge on any atom is -0.310 e. The molecule has 0 aliphatic rings. The Labute approximate surface area is 354 Å². The Hall–Kier alpha value is -7.52. The van der Waals surface area contributed by atoms with Gasteiger partial charge in [-0.15, -0.1) is 11.3 Å². The third kappa shape index (κ3) is 6.73. The van der Waals surface area contributed by atoms with Crippen molar-refractivity contribution in [2.24, 2.45) is 0 Å². The molecule has 10 aromatic carbocycles. The topological polar surface area (TPSA) is 3.24 Å². The average Bonchev–Trinajstić information content (AvgIpc) is 3.72. The van der Waals surface area contributed by atoms with Crippen LogP contribution in [0.1, 0.15) is 0 Å². The van der Waals surface area contributed by atoms with Gasteiger partial charge in [0.25, 0.3) is 0 Å². The molecular formula is C58H39NS. The first-order chi connectivity index (χ1) is 29.7. The van der Waals surface area contributed by atoms with Crippen molar-refractivity contribution in [3.8, 4) is 55.6 Å². The van der Waals surface area contributed by atoms with E-state index < -0.39 is 0 Å². The van der Waals surface area contributed by atoms with Gasteiger partial charge in [0, 0.05) is 37.2 Å². The lowest BCUT2D eigenvalue weighted by molar-refractivity contribution is 1.28. The molecule has 1 aromatic heterocycles. The van der Waals surface area contributed by atoms with Crippen LogP contribution in [-0.4, -0.2) is 0 Å². The second-order valence-electron chi connectivity index (χ2n) is 15.3. The molecule has 60 heavy (non-hydrogen) atoms. The summed E-state index contributed by atoms with van der Waals surface area (Å²) in [6.45, 7) is 0. The highest BCUT2D eigenvalue weighted by molar-refractivity contribution is 7.26. The molecular weight excluding hydrogens is 743 g/mol. The van der Waals surface area contributed by atoms with Gasteiger partial charge in [-0.05, 0) is 121 Å². The number of hydrogen-bond donors (Lipinski definition) is 0. The van der Waals surface area contributed by atoms with Crippen LogP contribution in [0.4, 0.5) is 17.1 Å². The number of hydrogen-bond acceptors (Lipinski definition) is 2. The number of benzene rings is 10. The predicted octanol–water partition coefficient (Wildman–Crippen LogP) is 17.0. The standard InChI is InChI=1S/C58H39NS/c1-3-10-40(11-4-1)42-18-20-44(21-19-42)45-26-32-51(33-27-45)59(53-16-9-15-49(38-53)46-24-22-43(23-25-46)41-12-5-2-6-13-41)52-34-28-47(29-35-52)50-31-36-56-55(39-50)58-54-17-8-7-14-48(54)30-37-57(58)60-56/h1-39H. The van der Waals surface area contributed by atoms with Gasteiger partial charge in [0.2, 0.25) is 0 Å². The van der Waals surface area contributed by atoms with Gasteiger partial charge in [0.1, 0.15) is 0 Å². The number of nitrogens with zero attached hydrogens (tertiary/aromatic N) is 1. The van der Waals surface area contributed by atoms with Gasteiger partial charge in [0.15, 0.2) is 0 Å². The first-order valence-corrected chi connectivity index (χ1v) is 21.3. The molecule has 11 aromatic rings. The Balaban J connectivity index is 0.958. The van der Waals surface area contributed by atoms with E-state index in [1.165, 1.54) is 86.6 Å². The van der Waals surface area contributed by atoms with Crippen molar-refractivity contribution < 1.29 is 0 Å². The number of thiophene rings is 1. The van der Waals surface area contributed by atoms with E-state index in [0.29, 0.717) is 0 Å². The van der Waals surface area contributed by atoms with Crippen LogP contribution in [0.15, 0.2) is 237 Å². The molecule has 1 heterocycles. The molecule has 0 bridgehead atoms. The quantitative estimate of drug-likeness (QED) is 0.148. The maximum Gasteiger partial charge on any atom is 0.0467 e. The summed E-state index contributed by atoms with van der Waals surface area (Å²) in [6, 6.07) is 86.0. The molecule has 0 spiro atoms. The van der Waals surface area contributed by atoms with E-state index in [2.05, 4.69) is 241 Å². The van der Waals surface area contributed by atoms with Crippen LogP contribution in [0, 0.1) is 0 Å². The second kappa shape index (κ2) is 15.3. The zero-order valence-corrected chi connectivity index (χ0v) is 33.7. The summed E-state index contributed by atoms with van der Waals surface area (Å²) in [5, 5.41) is 5.26. The summed E-state index contributed by atoms with van der Waals surface area (Å²) < 4.78 is 2.65. The summed E-state index contributed by atoms with van der Waals surface area (Å²) in [6.07, 6.45) is 0. The molecule has 2 heteroatoms. The minimum absolute atomic E-state index is 1.10. The number of anilines is 3. The average molecular weight is 782 g/mol. The number of fused-ring (bicyclic) bond motifs is 5. The number of rotatable bonds is 8. The van der Waals surface area contributed by atoms with Gasteiger partial charge >= 0.3 is 0 Å². The Morgan fingerprint density at radius 2 is 0.667 bits per heavy atom. The maximum atomic E-state index is 2.38. The smallest absolute Gasteiger partial charge is 0.0467 e. The van der Waals surface area contributed by atoms with E-state index in [4.69, 9.17) is 0 Å². The Bertz CT molecular complexity index is 3260. The van der Waals surface area contributed by atoms with Gasteiger partial charge in [0.05, 0.1) is 0 Å². The third-order valence-electron chi connectivity index (χ3n) is 11.7. The van der Waals surface area contributed by atoms with Crippen molar-refractivity contribution >= 4 is 59.3 Å². The molecule has 0 amide bonds. The minimum atomic E-state index is 1.10. The van der Waals surface area contributed by atoms with E-state index in [0.717, 1.165) is 17.1 Å². The van der Waals surface area contributed by atoms with Crippen LogP contribution in [0.5, 0.6) is 0 Å².